The van der Waals surface area contributed by atoms with Crippen LogP contribution in [0.3, 0.4) is 0 Å². The third kappa shape index (κ3) is 4.76. The number of hydrogen-bond acceptors (Lipinski definition) is 7. The van der Waals surface area contributed by atoms with Gasteiger partial charge in [-0.1, -0.05) is 50.2 Å². The lowest BCUT2D eigenvalue weighted by molar-refractivity contribution is 0.319. The topological polar surface area (TPSA) is 72.4 Å². The Labute approximate surface area is 187 Å². The van der Waals surface area contributed by atoms with Crippen LogP contribution in [0.1, 0.15) is 38.8 Å². The van der Waals surface area contributed by atoms with Gasteiger partial charge in [0.2, 0.25) is 0 Å². The van der Waals surface area contributed by atoms with Gasteiger partial charge in [-0.3, -0.25) is 0 Å². The summed E-state index contributed by atoms with van der Waals surface area (Å²) in [6.07, 6.45) is 5.25. The van der Waals surface area contributed by atoms with E-state index in [4.69, 9.17) is 9.27 Å². The Morgan fingerprint density at radius 2 is 1.81 bits per heavy atom. The zero-order valence-electron chi connectivity index (χ0n) is 17.6. The van der Waals surface area contributed by atoms with Crippen molar-refractivity contribution in [1.29, 1.82) is 0 Å². The number of para-hydroxylation sites is 2. The predicted octanol–water partition coefficient (Wildman–Crippen LogP) is 5.76. The normalized spacial score (nSPS) is 13.0. The molecule has 31 heavy (non-hydrogen) atoms. The Balaban J connectivity index is 1.84. The van der Waals surface area contributed by atoms with Crippen molar-refractivity contribution in [3.8, 4) is 11.4 Å². The summed E-state index contributed by atoms with van der Waals surface area (Å²) in [5.41, 5.74) is 3.05. The molecule has 2 aromatic carbocycles. The van der Waals surface area contributed by atoms with E-state index in [-0.39, 0.29) is 5.75 Å². The van der Waals surface area contributed by atoms with E-state index in [1.54, 1.807) is 18.0 Å². The second kappa shape index (κ2) is 9.38. The molecule has 0 bridgehead atoms. The highest BCUT2D eigenvalue weighted by atomic mass is 32.2. The van der Waals surface area contributed by atoms with Crippen molar-refractivity contribution in [3.05, 3.63) is 60.4 Å². The van der Waals surface area contributed by atoms with Crippen LogP contribution in [0.2, 0.25) is 0 Å². The van der Waals surface area contributed by atoms with Crippen molar-refractivity contribution in [2.24, 2.45) is 0 Å². The minimum absolute atomic E-state index is 0.0562. The first-order valence-electron chi connectivity index (χ1n) is 10.5. The molecule has 6 nitrogen and oxygen atoms in total. The number of unbranched alkanes of at least 4 members (excludes halogenated alkanes) is 1. The highest BCUT2D eigenvalue weighted by Gasteiger charge is 2.31. The smallest absolute Gasteiger partial charge is 0.236 e. The van der Waals surface area contributed by atoms with Gasteiger partial charge in [-0.25, -0.2) is 15.0 Å². The van der Waals surface area contributed by atoms with E-state index in [1.165, 1.54) is 5.06 Å². The summed E-state index contributed by atoms with van der Waals surface area (Å²) in [4.78, 5) is 11.1. The van der Waals surface area contributed by atoms with Crippen LogP contribution in [0.4, 0.5) is 11.4 Å². The first kappa shape index (κ1) is 21.8. The number of nitrogens with zero attached hydrogens (tertiary/aromatic N) is 3. The summed E-state index contributed by atoms with van der Waals surface area (Å²) < 4.78 is 30.9. The van der Waals surface area contributed by atoms with Gasteiger partial charge in [-0.15, -0.1) is 4.28 Å². The second-order valence-corrected chi connectivity index (χ2v) is 10.1. The molecule has 1 aliphatic rings. The summed E-state index contributed by atoms with van der Waals surface area (Å²) in [7, 11) is -3.76. The maximum absolute atomic E-state index is 12.6. The van der Waals surface area contributed by atoms with Gasteiger partial charge in [-0.2, -0.15) is 8.42 Å². The van der Waals surface area contributed by atoms with Crippen molar-refractivity contribution < 1.29 is 12.7 Å². The van der Waals surface area contributed by atoms with Gasteiger partial charge in [0.15, 0.2) is 5.82 Å². The first-order valence-corrected chi connectivity index (χ1v) is 12.9. The maximum Gasteiger partial charge on any atom is 0.288 e. The highest BCUT2D eigenvalue weighted by Crippen LogP contribution is 2.51. The van der Waals surface area contributed by atoms with Gasteiger partial charge in [0.1, 0.15) is 0 Å². The van der Waals surface area contributed by atoms with E-state index in [1.807, 2.05) is 55.5 Å². The summed E-state index contributed by atoms with van der Waals surface area (Å²) in [6, 6.07) is 15.4. The lowest BCUT2D eigenvalue weighted by Crippen LogP contribution is -2.27. The van der Waals surface area contributed by atoms with Crippen LogP contribution in [0.25, 0.3) is 11.4 Å². The van der Waals surface area contributed by atoms with Crippen molar-refractivity contribution >= 4 is 33.3 Å². The Bertz CT molecular complexity index is 1180. The lowest BCUT2D eigenvalue weighted by atomic mass is 10.1. The molecular formula is C23H25N3O3S2. The molecule has 0 aliphatic carbocycles. The molecule has 0 fully saturated rings. The van der Waals surface area contributed by atoms with Crippen LogP contribution >= 0.6 is 11.8 Å². The van der Waals surface area contributed by atoms with Crippen LogP contribution < -0.4 is 5.06 Å². The molecule has 0 saturated heterocycles. The molecular weight excluding hydrogens is 430 g/mol. The molecule has 162 valence electrons. The van der Waals surface area contributed by atoms with Gasteiger partial charge in [0.25, 0.3) is 10.1 Å². The number of aromatic nitrogens is 2. The molecule has 3 aromatic rings. The molecule has 0 radical (unpaired) electrons. The Morgan fingerprint density at radius 1 is 1.00 bits per heavy atom. The summed E-state index contributed by atoms with van der Waals surface area (Å²) in [6.45, 7) is 3.96. The van der Waals surface area contributed by atoms with E-state index in [0.29, 0.717) is 23.6 Å². The molecule has 0 atom stereocenters. The number of hydrogen-bond donors (Lipinski definition) is 0. The van der Waals surface area contributed by atoms with Crippen LogP contribution in [-0.2, 0) is 20.8 Å². The van der Waals surface area contributed by atoms with Gasteiger partial charge in [0, 0.05) is 27.2 Å². The minimum atomic E-state index is -3.76. The van der Waals surface area contributed by atoms with E-state index in [0.717, 1.165) is 40.3 Å². The molecule has 0 unspecified atom stereocenters. The van der Waals surface area contributed by atoms with E-state index in [2.05, 4.69) is 11.9 Å². The Hall–Kier alpha value is -2.42. The molecule has 0 amide bonds. The fourth-order valence-corrected chi connectivity index (χ4v) is 5.48. The van der Waals surface area contributed by atoms with Crippen molar-refractivity contribution in [2.75, 3.05) is 10.8 Å². The fraction of sp³-hybridized carbons (Fsp3) is 0.304. The predicted molar refractivity (Wildman–Crippen MR) is 124 cm³/mol. The molecule has 0 N–H and O–H groups in total. The van der Waals surface area contributed by atoms with Crippen molar-refractivity contribution in [2.45, 2.75) is 49.3 Å². The van der Waals surface area contributed by atoms with E-state index < -0.39 is 10.1 Å². The Kier molecular flexibility index (Phi) is 6.60. The SMILES string of the molecule is CCCCc1ccnc(-c2cccc3c2N(OS(=O)(=O)CCC)c2ccccc2S3)n1. The second-order valence-electron chi connectivity index (χ2n) is 7.33. The van der Waals surface area contributed by atoms with Crippen LogP contribution in [0.15, 0.2) is 64.5 Å². The van der Waals surface area contributed by atoms with Crippen LogP contribution in [0, 0.1) is 0 Å². The first-order chi connectivity index (χ1) is 15.0. The molecule has 1 aliphatic heterocycles. The molecule has 1 aromatic heterocycles. The number of benzene rings is 2. The molecule has 8 heteroatoms. The maximum atomic E-state index is 12.6. The molecule has 0 spiro atoms. The average molecular weight is 456 g/mol. The zero-order valence-corrected chi connectivity index (χ0v) is 19.2. The highest BCUT2D eigenvalue weighted by molar-refractivity contribution is 7.99. The van der Waals surface area contributed by atoms with Crippen molar-refractivity contribution in [1.82, 2.24) is 9.97 Å². The van der Waals surface area contributed by atoms with E-state index >= 15 is 0 Å². The molecule has 0 saturated carbocycles. The summed E-state index contributed by atoms with van der Waals surface area (Å²) in [5.74, 6) is 0.506. The number of aryl methyl sites for hydroxylation is 1. The third-order valence-corrected chi connectivity index (χ3v) is 7.29. The molecule has 2 heterocycles. The zero-order chi connectivity index (χ0) is 21.8. The molecule has 4 rings (SSSR count). The Morgan fingerprint density at radius 3 is 2.61 bits per heavy atom. The van der Waals surface area contributed by atoms with Crippen molar-refractivity contribution in [3.63, 3.8) is 0 Å². The summed E-state index contributed by atoms with van der Waals surface area (Å²) in [5, 5.41) is 1.43. The number of anilines is 2. The van der Waals surface area contributed by atoms with Gasteiger partial charge in [0.05, 0.1) is 17.1 Å². The number of fused-ring (bicyclic) bond motifs is 2. The van der Waals surface area contributed by atoms with E-state index in [9.17, 15) is 8.42 Å². The standard InChI is InChI=1S/C23H25N3O3S2/c1-3-5-9-17-14-15-24-23(25-17)18-10-8-13-21-22(18)26(29-31(27,28)16-4-2)19-11-6-7-12-20(19)30-21/h6-8,10-15H,3-5,9,16H2,1-2H3. The fourth-order valence-electron chi connectivity index (χ4n) is 3.45. The quantitative estimate of drug-likeness (QED) is 0.427. The monoisotopic (exact) mass is 455 g/mol. The van der Waals surface area contributed by atoms with Gasteiger partial charge >= 0.3 is 0 Å². The van der Waals surface area contributed by atoms with Crippen LogP contribution in [-0.4, -0.2) is 24.1 Å². The average Bonchev–Trinajstić information content (AvgIpc) is 2.77. The largest absolute Gasteiger partial charge is 0.288 e. The lowest BCUT2D eigenvalue weighted by Gasteiger charge is -2.32. The summed E-state index contributed by atoms with van der Waals surface area (Å²) >= 11 is 1.58. The third-order valence-electron chi connectivity index (χ3n) is 4.89. The van der Waals surface area contributed by atoms with Gasteiger partial charge in [-0.05, 0) is 49.6 Å². The number of rotatable bonds is 8. The van der Waals surface area contributed by atoms with Gasteiger partial charge < -0.3 is 0 Å². The van der Waals surface area contributed by atoms with Crippen LogP contribution in [0.5, 0.6) is 0 Å². The minimum Gasteiger partial charge on any atom is -0.236 e.